The summed E-state index contributed by atoms with van der Waals surface area (Å²) in [5, 5.41) is 14.3. The zero-order valence-electron chi connectivity index (χ0n) is 5.08. The Morgan fingerprint density at radius 2 is 1.89 bits per heavy atom. The molecule has 0 N–H and O–H groups in total. The van der Waals surface area contributed by atoms with Gasteiger partial charge in [0.15, 0.2) is 0 Å². The van der Waals surface area contributed by atoms with Gasteiger partial charge in [-0.05, 0) is 26.4 Å². The third-order valence-electron chi connectivity index (χ3n) is 1.00. The Morgan fingerprint density at radius 1 is 1.33 bits per heavy atom. The van der Waals surface area contributed by atoms with Crippen LogP contribution in [0, 0.1) is 0 Å². The molecule has 4 nitrogen and oxygen atoms in total. The van der Waals surface area contributed by atoms with Crippen molar-refractivity contribution < 1.29 is 0 Å². The first-order valence-corrected chi connectivity index (χ1v) is 3.59. The lowest BCUT2D eigenvalue weighted by atomic mass is 10.3. The standard InChI is InChI=1S/C4H7BrN4/c1-2-3-4(5)6-8-9-7-4/h2-3H2,1H3. The number of halogens is 1. The van der Waals surface area contributed by atoms with Gasteiger partial charge >= 0.3 is 0 Å². The molecule has 9 heavy (non-hydrogen) atoms. The molecule has 1 rings (SSSR count). The van der Waals surface area contributed by atoms with Crippen LogP contribution in [0.5, 0.6) is 0 Å². The summed E-state index contributed by atoms with van der Waals surface area (Å²) in [7, 11) is 0. The highest BCUT2D eigenvalue weighted by Gasteiger charge is 2.27. The summed E-state index contributed by atoms with van der Waals surface area (Å²) in [5.74, 6) is 0. The van der Waals surface area contributed by atoms with Crippen LogP contribution in [0.3, 0.4) is 0 Å². The van der Waals surface area contributed by atoms with E-state index in [9.17, 15) is 0 Å². The van der Waals surface area contributed by atoms with Crippen LogP contribution in [-0.4, -0.2) is 4.57 Å². The average molecular weight is 191 g/mol. The van der Waals surface area contributed by atoms with Crippen molar-refractivity contribution in [3.05, 3.63) is 0 Å². The molecule has 0 aromatic carbocycles. The molecule has 0 saturated carbocycles. The molecule has 0 aromatic heterocycles. The zero-order valence-corrected chi connectivity index (χ0v) is 6.67. The maximum absolute atomic E-state index is 3.77. The van der Waals surface area contributed by atoms with E-state index in [1.807, 2.05) is 0 Å². The molecule has 1 aliphatic rings. The quantitative estimate of drug-likeness (QED) is 0.475. The summed E-state index contributed by atoms with van der Waals surface area (Å²) < 4.78 is -0.526. The van der Waals surface area contributed by atoms with E-state index in [1.54, 1.807) is 0 Å². The van der Waals surface area contributed by atoms with Crippen LogP contribution in [-0.2, 0) is 0 Å². The van der Waals surface area contributed by atoms with Crippen molar-refractivity contribution in [2.45, 2.75) is 24.3 Å². The molecule has 0 spiro atoms. The van der Waals surface area contributed by atoms with E-state index in [1.165, 1.54) is 0 Å². The highest BCUT2D eigenvalue weighted by atomic mass is 79.9. The fraction of sp³-hybridized carbons (Fsp3) is 1.00. The Hall–Kier alpha value is -0.320. The molecule has 1 aliphatic heterocycles. The molecule has 0 radical (unpaired) electrons. The number of hydrogen-bond donors (Lipinski definition) is 0. The van der Waals surface area contributed by atoms with Crippen molar-refractivity contribution in [2.24, 2.45) is 20.7 Å². The monoisotopic (exact) mass is 190 g/mol. The molecule has 0 amide bonds. The summed E-state index contributed by atoms with van der Waals surface area (Å²) in [5.41, 5.74) is 0. The van der Waals surface area contributed by atoms with E-state index in [4.69, 9.17) is 0 Å². The minimum absolute atomic E-state index is 0.526. The number of rotatable bonds is 2. The molecule has 0 aliphatic carbocycles. The third kappa shape index (κ3) is 1.54. The maximum Gasteiger partial charge on any atom is 0.248 e. The van der Waals surface area contributed by atoms with Gasteiger partial charge in [-0.3, -0.25) is 0 Å². The molecule has 5 heteroatoms. The Labute approximate surface area is 61.6 Å². The van der Waals surface area contributed by atoms with Gasteiger partial charge in [-0.15, -0.1) is 10.2 Å². The SMILES string of the molecule is CCCC1(Br)N=NN=N1. The molecule has 0 fully saturated rings. The van der Waals surface area contributed by atoms with Crippen LogP contribution < -0.4 is 0 Å². The van der Waals surface area contributed by atoms with Gasteiger partial charge in [-0.2, -0.15) is 0 Å². The van der Waals surface area contributed by atoms with Crippen LogP contribution in [0.1, 0.15) is 19.8 Å². The van der Waals surface area contributed by atoms with Crippen LogP contribution >= 0.6 is 15.9 Å². The molecule has 0 atom stereocenters. The first-order valence-electron chi connectivity index (χ1n) is 2.80. The largest absolute Gasteiger partial charge is 0.248 e. The van der Waals surface area contributed by atoms with Gasteiger partial charge < -0.3 is 0 Å². The Balaban J connectivity index is 2.53. The Bertz CT molecular complexity index is 141. The lowest BCUT2D eigenvalue weighted by Gasteiger charge is -2.07. The van der Waals surface area contributed by atoms with E-state index in [2.05, 4.69) is 43.5 Å². The second-order valence-corrected chi connectivity index (χ2v) is 3.12. The van der Waals surface area contributed by atoms with Gasteiger partial charge in [0.25, 0.3) is 0 Å². The van der Waals surface area contributed by atoms with Gasteiger partial charge in [-0.25, -0.2) is 0 Å². The van der Waals surface area contributed by atoms with Crippen molar-refractivity contribution in [1.29, 1.82) is 0 Å². The van der Waals surface area contributed by atoms with Crippen LogP contribution in [0.25, 0.3) is 0 Å². The smallest absolute Gasteiger partial charge is 0.123 e. The molecular formula is C4H7BrN4. The molecule has 0 saturated heterocycles. The fourth-order valence-electron chi connectivity index (χ4n) is 0.615. The van der Waals surface area contributed by atoms with Crippen molar-refractivity contribution in [3.63, 3.8) is 0 Å². The molecule has 0 bridgehead atoms. The third-order valence-corrected chi connectivity index (χ3v) is 1.72. The van der Waals surface area contributed by atoms with Crippen LogP contribution in [0.4, 0.5) is 0 Å². The second-order valence-electron chi connectivity index (χ2n) is 1.85. The summed E-state index contributed by atoms with van der Waals surface area (Å²) in [6, 6.07) is 0. The van der Waals surface area contributed by atoms with E-state index in [-0.39, 0.29) is 0 Å². The maximum atomic E-state index is 3.77. The summed E-state index contributed by atoms with van der Waals surface area (Å²) in [4.78, 5) is 0. The van der Waals surface area contributed by atoms with Gasteiger partial charge in [0, 0.05) is 6.42 Å². The highest BCUT2D eigenvalue weighted by Crippen LogP contribution is 2.31. The highest BCUT2D eigenvalue weighted by molar-refractivity contribution is 9.10. The summed E-state index contributed by atoms with van der Waals surface area (Å²) in [6.07, 6.45) is 1.86. The fourth-order valence-corrected chi connectivity index (χ4v) is 1.15. The second kappa shape index (κ2) is 2.51. The topological polar surface area (TPSA) is 49.4 Å². The van der Waals surface area contributed by atoms with Gasteiger partial charge in [0.2, 0.25) is 4.57 Å². The predicted molar refractivity (Wildman–Crippen MR) is 36.3 cm³/mol. The van der Waals surface area contributed by atoms with Crippen LogP contribution in [0.2, 0.25) is 0 Å². The lowest BCUT2D eigenvalue weighted by Crippen LogP contribution is -2.09. The number of alkyl halides is 1. The minimum atomic E-state index is -0.526. The number of hydrogen-bond acceptors (Lipinski definition) is 4. The summed E-state index contributed by atoms with van der Waals surface area (Å²) >= 11 is 3.29. The number of nitrogens with zero attached hydrogens (tertiary/aromatic N) is 4. The molecule has 1 heterocycles. The predicted octanol–water partition coefficient (Wildman–Crippen LogP) is 2.67. The van der Waals surface area contributed by atoms with Gasteiger partial charge in [0.05, 0.1) is 0 Å². The van der Waals surface area contributed by atoms with Gasteiger partial charge in [-0.1, -0.05) is 13.3 Å². The lowest BCUT2D eigenvalue weighted by molar-refractivity contribution is 0.584. The van der Waals surface area contributed by atoms with E-state index >= 15 is 0 Å². The zero-order chi connectivity index (χ0) is 6.74. The molecule has 50 valence electrons. The van der Waals surface area contributed by atoms with Crippen molar-refractivity contribution in [3.8, 4) is 0 Å². The van der Waals surface area contributed by atoms with Crippen LogP contribution in [0.15, 0.2) is 20.7 Å². The first-order chi connectivity index (χ1) is 4.27. The van der Waals surface area contributed by atoms with Gasteiger partial charge in [0.1, 0.15) is 0 Å². The average Bonchev–Trinajstić information content (AvgIpc) is 2.16. The minimum Gasteiger partial charge on any atom is -0.123 e. The first kappa shape index (κ1) is 6.80. The Morgan fingerprint density at radius 3 is 2.33 bits per heavy atom. The molecule has 0 unspecified atom stereocenters. The van der Waals surface area contributed by atoms with E-state index < -0.39 is 4.57 Å². The normalized spacial score (nSPS) is 21.1. The van der Waals surface area contributed by atoms with E-state index in [0.717, 1.165) is 12.8 Å². The van der Waals surface area contributed by atoms with Crippen molar-refractivity contribution >= 4 is 15.9 Å². The Kier molecular flexibility index (Phi) is 1.90. The summed E-state index contributed by atoms with van der Waals surface area (Å²) in [6.45, 7) is 2.06. The van der Waals surface area contributed by atoms with Crippen molar-refractivity contribution in [2.75, 3.05) is 0 Å². The molecule has 0 aromatic rings. The molecular weight excluding hydrogens is 184 g/mol. The van der Waals surface area contributed by atoms with E-state index in [0.29, 0.717) is 0 Å². The van der Waals surface area contributed by atoms with Crippen molar-refractivity contribution in [1.82, 2.24) is 0 Å².